The van der Waals surface area contributed by atoms with Crippen LogP contribution in [0.15, 0.2) is 35.4 Å². The van der Waals surface area contributed by atoms with E-state index < -0.39 is 5.97 Å². The Morgan fingerprint density at radius 2 is 1.93 bits per heavy atom. The summed E-state index contributed by atoms with van der Waals surface area (Å²) in [7, 11) is 0. The number of carbonyl (C=O) groups is 2. The van der Waals surface area contributed by atoms with E-state index in [0.717, 1.165) is 12.8 Å². The van der Waals surface area contributed by atoms with Crippen LogP contribution >= 0.6 is 0 Å². The predicted octanol–water partition coefficient (Wildman–Crippen LogP) is 2.18. The third-order valence-electron chi connectivity index (χ3n) is 5.32. The molecule has 2 N–H and O–H groups in total. The van der Waals surface area contributed by atoms with Crippen molar-refractivity contribution in [1.82, 2.24) is 14.9 Å². The number of carboxylic acids is 1. The fraction of sp³-hybridized carbons (Fsp3) is 0.500. The molecule has 0 unspecified atom stereocenters. The number of carboxylic acid groups (broad SMARTS) is 1. The molecule has 1 saturated carbocycles. The second kappa shape index (κ2) is 8.79. The fourth-order valence-corrected chi connectivity index (χ4v) is 3.64. The van der Waals surface area contributed by atoms with Crippen LogP contribution in [0.25, 0.3) is 10.9 Å². The summed E-state index contributed by atoms with van der Waals surface area (Å²) in [6, 6.07) is 7.22. The highest BCUT2D eigenvalue weighted by atomic mass is 16.4. The van der Waals surface area contributed by atoms with Crippen LogP contribution < -0.4 is 10.9 Å². The van der Waals surface area contributed by atoms with Gasteiger partial charge in [-0.3, -0.25) is 19.0 Å². The lowest BCUT2D eigenvalue weighted by atomic mass is 9.82. The van der Waals surface area contributed by atoms with E-state index in [-0.39, 0.29) is 17.4 Å². The van der Waals surface area contributed by atoms with Crippen LogP contribution in [0, 0.1) is 11.8 Å². The number of aliphatic carboxylic acids is 1. The van der Waals surface area contributed by atoms with Crippen LogP contribution in [0.2, 0.25) is 0 Å². The van der Waals surface area contributed by atoms with E-state index in [4.69, 9.17) is 5.11 Å². The van der Waals surface area contributed by atoms with Crippen molar-refractivity contribution in [3.8, 4) is 0 Å². The molecule has 1 aromatic carbocycles. The second-order valence-corrected chi connectivity index (χ2v) is 7.22. The Labute approximate surface area is 157 Å². The topological polar surface area (TPSA) is 101 Å². The van der Waals surface area contributed by atoms with Crippen LogP contribution in [0.4, 0.5) is 0 Å². The molecule has 0 aliphatic heterocycles. The van der Waals surface area contributed by atoms with Crippen molar-refractivity contribution in [2.45, 2.75) is 45.1 Å². The highest BCUT2D eigenvalue weighted by Crippen LogP contribution is 2.28. The van der Waals surface area contributed by atoms with Gasteiger partial charge in [0.05, 0.1) is 23.1 Å². The largest absolute Gasteiger partial charge is 0.481 e. The van der Waals surface area contributed by atoms with Gasteiger partial charge in [0.15, 0.2) is 0 Å². The molecule has 0 spiro atoms. The lowest BCUT2D eigenvalue weighted by molar-refractivity contribution is -0.143. The molecule has 1 aromatic heterocycles. The summed E-state index contributed by atoms with van der Waals surface area (Å²) in [6.45, 7) is 1.05. The molecule has 0 radical (unpaired) electrons. The Morgan fingerprint density at radius 1 is 1.19 bits per heavy atom. The van der Waals surface area contributed by atoms with E-state index in [1.165, 1.54) is 6.33 Å². The van der Waals surface area contributed by atoms with Gasteiger partial charge < -0.3 is 10.4 Å². The van der Waals surface area contributed by atoms with Crippen molar-refractivity contribution in [2.24, 2.45) is 11.8 Å². The molecular weight excluding hydrogens is 346 g/mol. The second-order valence-electron chi connectivity index (χ2n) is 7.22. The van der Waals surface area contributed by atoms with Crippen molar-refractivity contribution in [1.29, 1.82) is 0 Å². The molecule has 1 heterocycles. The van der Waals surface area contributed by atoms with Crippen molar-refractivity contribution >= 4 is 22.8 Å². The standard InChI is InChI=1S/C20H25N3O4/c24-18(21-12-14-7-9-15(10-8-14)20(26)27)6-3-11-23-13-22-17-5-2-1-4-16(17)19(23)25/h1-2,4-5,13-15H,3,6-12H2,(H,21,24)(H,26,27). The first-order valence-electron chi connectivity index (χ1n) is 9.48. The van der Waals surface area contributed by atoms with Gasteiger partial charge >= 0.3 is 5.97 Å². The lowest BCUT2D eigenvalue weighted by Gasteiger charge is -2.26. The maximum Gasteiger partial charge on any atom is 0.306 e. The smallest absolute Gasteiger partial charge is 0.306 e. The number of nitrogens with zero attached hydrogens (tertiary/aromatic N) is 2. The number of aryl methyl sites for hydroxylation is 1. The first-order valence-corrected chi connectivity index (χ1v) is 9.48. The monoisotopic (exact) mass is 371 g/mol. The van der Waals surface area contributed by atoms with Gasteiger partial charge in [-0.15, -0.1) is 0 Å². The van der Waals surface area contributed by atoms with Crippen LogP contribution in [-0.4, -0.2) is 33.1 Å². The number of hydrogen-bond donors (Lipinski definition) is 2. The Balaban J connectivity index is 1.41. The summed E-state index contributed by atoms with van der Waals surface area (Å²) in [6.07, 6.45) is 5.51. The highest BCUT2D eigenvalue weighted by Gasteiger charge is 2.25. The van der Waals surface area contributed by atoms with Crippen molar-refractivity contribution in [3.05, 3.63) is 40.9 Å². The minimum atomic E-state index is -0.712. The maximum absolute atomic E-state index is 12.4. The first-order chi connectivity index (χ1) is 13.0. The molecule has 0 saturated heterocycles. The number of para-hydroxylation sites is 1. The van der Waals surface area contributed by atoms with E-state index >= 15 is 0 Å². The molecule has 0 atom stereocenters. The molecule has 3 rings (SSSR count). The third-order valence-corrected chi connectivity index (χ3v) is 5.32. The summed E-state index contributed by atoms with van der Waals surface area (Å²) >= 11 is 0. The average molecular weight is 371 g/mol. The number of amides is 1. The van der Waals surface area contributed by atoms with Gasteiger partial charge in [0.1, 0.15) is 0 Å². The minimum absolute atomic E-state index is 0.0304. The zero-order valence-corrected chi connectivity index (χ0v) is 15.3. The number of fused-ring (bicyclic) bond motifs is 1. The normalized spacial score (nSPS) is 19.7. The number of aromatic nitrogens is 2. The summed E-state index contributed by atoms with van der Waals surface area (Å²) < 4.78 is 1.54. The molecule has 144 valence electrons. The van der Waals surface area contributed by atoms with Gasteiger partial charge in [0, 0.05) is 19.5 Å². The Kier molecular flexibility index (Phi) is 6.21. The SMILES string of the molecule is O=C(CCCn1cnc2ccccc2c1=O)NCC1CCC(C(=O)O)CC1. The summed E-state index contributed by atoms with van der Waals surface area (Å²) in [5, 5.41) is 12.5. The number of nitrogens with one attached hydrogen (secondary N) is 1. The van der Waals surface area contributed by atoms with Crippen LogP contribution in [0.1, 0.15) is 38.5 Å². The summed E-state index contributed by atoms with van der Waals surface area (Å²) in [4.78, 5) is 39.7. The van der Waals surface area contributed by atoms with Gasteiger partial charge in [-0.05, 0) is 50.2 Å². The van der Waals surface area contributed by atoms with Gasteiger partial charge in [0.25, 0.3) is 5.56 Å². The van der Waals surface area contributed by atoms with E-state index in [9.17, 15) is 14.4 Å². The number of hydrogen-bond acceptors (Lipinski definition) is 4. The van der Waals surface area contributed by atoms with Crippen molar-refractivity contribution < 1.29 is 14.7 Å². The molecular formula is C20H25N3O4. The van der Waals surface area contributed by atoms with Gasteiger partial charge in [-0.1, -0.05) is 12.1 Å². The van der Waals surface area contributed by atoms with E-state index in [0.29, 0.717) is 55.6 Å². The lowest BCUT2D eigenvalue weighted by Crippen LogP contribution is -2.32. The zero-order valence-electron chi connectivity index (χ0n) is 15.3. The molecule has 1 amide bonds. The van der Waals surface area contributed by atoms with E-state index in [2.05, 4.69) is 10.3 Å². The molecule has 1 fully saturated rings. The molecule has 1 aliphatic rings. The Hall–Kier alpha value is -2.70. The van der Waals surface area contributed by atoms with Gasteiger partial charge in [-0.2, -0.15) is 0 Å². The maximum atomic E-state index is 12.4. The summed E-state index contributed by atoms with van der Waals surface area (Å²) in [5.74, 6) is -0.615. The molecule has 1 aliphatic carbocycles. The number of benzene rings is 1. The zero-order chi connectivity index (χ0) is 19.2. The van der Waals surface area contributed by atoms with E-state index in [1.54, 1.807) is 16.7 Å². The molecule has 7 nitrogen and oxygen atoms in total. The number of rotatable bonds is 7. The third kappa shape index (κ3) is 4.93. The van der Waals surface area contributed by atoms with Crippen molar-refractivity contribution in [2.75, 3.05) is 6.54 Å². The van der Waals surface area contributed by atoms with Crippen LogP contribution in [0.5, 0.6) is 0 Å². The van der Waals surface area contributed by atoms with Crippen LogP contribution in [0.3, 0.4) is 0 Å². The number of carbonyl (C=O) groups excluding carboxylic acids is 1. The fourth-order valence-electron chi connectivity index (χ4n) is 3.64. The summed E-state index contributed by atoms with van der Waals surface area (Å²) in [5.41, 5.74) is 0.588. The Bertz CT molecular complexity index is 869. The highest BCUT2D eigenvalue weighted by molar-refractivity contribution is 5.77. The average Bonchev–Trinajstić information content (AvgIpc) is 2.68. The molecule has 7 heteroatoms. The van der Waals surface area contributed by atoms with E-state index in [1.807, 2.05) is 12.1 Å². The Morgan fingerprint density at radius 3 is 2.67 bits per heavy atom. The first kappa shape index (κ1) is 19.1. The quantitative estimate of drug-likeness (QED) is 0.777. The minimum Gasteiger partial charge on any atom is -0.481 e. The predicted molar refractivity (Wildman–Crippen MR) is 101 cm³/mol. The van der Waals surface area contributed by atoms with Crippen molar-refractivity contribution in [3.63, 3.8) is 0 Å². The van der Waals surface area contributed by atoms with Gasteiger partial charge in [-0.25, -0.2) is 4.98 Å². The molecule has 27 heavy (non-hydrogen) atoms. The molecule has 0 bridgehead atoms. The molecule has 2 aromatic rings. The van der Waals surface area contributed by atoms with Gasteiger partial charge in [0.2, 0.25) is 5.91 Å². The van der Waals surface area contributed by atoms with Crippen LogP contribution in [-0.2, 0) is 16.1 Å².